The second kappa shape index (κ2) is 10.6. The van der Waals surface area contributed by atoms with Crippen molar-refractivity contribution in [1.82, 2.24) is 10.2 Å². The Balaban J connectivity index is 1.57. The van der Waals surface area contributed by atoms with Crippen LogP contribution < -0.4 is 14.8 Å². The standard InChI is InChI=1S/C28H38N2O3/c1-21(31)29-16-15-28(2)20-30(18-22-9-5-4-6-10-22)19-25(28)23-13-14-26(32-3)27(17-23)33-24-11-7-8-12-24/h4-6,9-10,13-14,17,24-25H,7-8,11-12,15-16,18-20H2,1-3H3,(H,29,31)/t25-,28-/m1/s1. The molecule has 1 aliphatic carbocycles. The van der Waals surface area contributed by atoms with Gasteiger partial charge in [0.25, 0.3) is 0 Å². The maximum Gasteiger partial charge on any atom is 0.216 e. The van der Waals surface area contributed by atoms with Gasteiger partial charge >= 0.3 is 0 Å². The Morgan fingerprint density at radius 3 is 2.58 bits per heavy atom. The molecule has 2 atom stereocenters. The topological polar surface area (TPSA) is 50.8 Å². The number of ether oxygens (including phenoxy) is 2. The Bertz CT molecular complexity index is 926. The summed E-state index contributed by atoms with van der Waals surface area (Å²) in [4.78, 5) is 14.1. The van der Waals surface area contributed by atoms with Gasteiger partial charge in [-0.25, -0.2) is 0 Å². The lowest BCUT2D eigenvalue weighted by atomic mass is 9.73. The van der Waals surface area contributed by atoms with Gasteiger partial charge in [-0.1, -0.05) is 43.3 Å². The van der Waals surface area contributed by atoms with E-state index in [2.05, 4.69) is 65.7 Å². The molecule has 1 saturated carbocycles. The van der Waals surface area contributed by atoms with Crippen LogP contribution in [0.2, 0.25) is 0 Å². The first-order valence-corrected chi connectivity index (χ1v) is 12.3. The molecule has 0 unspecified atom stereocenters. The number of nitrogens with one attached hydrogen (secondary N) is 1. The number of rotatable bonds is 9. The van der Waals surface area contributed by atoms with Crippen LogP contribution >= 0.6 is 0 Å². The zero-order valence-corrected chi connectivity index (χ0v) is 20.3. The van der Waals surface area contributed by atoms with Crippen molar-refractivity contribution in [1.29, 1.82) is 0 Å². The van der Waals surface area contributed by atoms with Crippen molar-refractivity contribution >= 4 is 5.91 Å². The minimum Gasteiger partial charge on any atom is -0.493 e. The summed E-state index contributed by atoms with van der Waals surface area (Å²) in [6.07, 6.45) is 5.95. The summed E-state index contributed by atoms with van der Waals surface area (Å²) in [5.41, 5.74) is 2.68. The average molecular weight is 451 g/mol. The summed E-state index contributed by atoms with van der Waals surface area (Å²) in [5, 5.41) is 3.01. The minimum atomic E-state index is 0.0333. The number of methoxy groups -OCH3 is 1. The Kier molecular flexibility index (Phi) is 7.59. The SMILES string of the molecule is COc1ccc([C@H]2CN(Cc3ccccc3)C[C@@]2(C)CCNC(C)=O)cc1OC1CCCC1. The highest BCUT2D eigenvalue weighted by Gasteiger charge is 2.43. The smallest absolute Gasteiger partial charge is 0.216 e. The predicted molar refractivity (Wildman–Crippen MR) is 132 cm³/mol. The summed E-state index contributed by atoms with van der Waals surface area (Å²) in [6, 6.07) is 17.2. The molecule has 0 spiro atoms. The Hall–Kier alpha value is -2.53. The summed E-state index contributed by atoms with van der Waals surface area (Å²) < 4.78 is 12.0. The first-order valence-electron chi connectivity index (χ1n) is 12.3. The molecule has 33 heavy (non-hydrogen) atoms. The van der Waals surface area contributed by atoms with E-state index in [1.54, 1.807) is 14.0 Å². The van der Waals surface area contributed by atoms with Crippen LogP contribution in [0.15, 0.2) is 48.5 Å². The normalized spacial score (nSPS) is 23.5. The van der Waals surface area contributed by atoms with E-state index in [0.29, 0.717) is 18.6 Å². The fraction of sp³-hybridized carbons (Fsp3) is 0.536. The van der Waals surface area contributed by atoms with Crippen molar-refractivity contribution in [2.45, 2.75) is 64.5 Å². The number of hydrogen-bond acceptors (Lipinski definition) is 4. The third kappa shape index (κ3) is 5.89. The summed E-state index contributed by atoms with van der Waals surface area (Å²) >= 11 is 0. The molecule has 2 aliphatic rings. The van der Waals surface area contributed by atoms with Crippen LogP contribution in [0.25, 0.3) is 0 Å². The van der Waals surface area contributed by atoms with Crippen molar-refractivity contribution in [2.24, 2.45) is 5.41 Å². The molecule has 0 radical (unpaired) electrons. The van der Waals surface area contributed by atoms with Gasteiger partial charge in [0.2, 0.25) is 5.91 Å². The van der Waals surface area contributed by atoms with Gasteiger partial charge in [-0.05, 0) is 60.8 Å². The number of likely N-dealkylation sites (tertiary alicyclic amines) is 1. The van der Waals surface area contributed by atoms with E-state index in [4.69, 9.17) is 9.47 Å². The van der Waals surface area contributed by atoms with Crippen molar-refractivity contribution in [3.8, 4) is 11.5 Å². The van der Waals surface area contributed by atoms with Gasteiger partial charge in [-0.3, -0.25) is 9.69 Å². The molecule has 5 heteroatoms. The number of amides is 1. The van der Waals surface area contributed by atoms with Gasteiger partial charge in [-0.15, -0.1) is 0 Å². The highest BCUT2D eigenvalue weighted by molar-refractivity contribution is 5.72. The Morgan fingerprint density at radius 2 is 1.88 bits per heavy atom. The van der Waals surface area contributed by atoms with E-state index in [9.17, 15) is 4.79 Å². The van der Waals surface area contributed by atoms with Gasteiger partial charge in [0.15, 0.2) is 11.5 Å². The first-order chi connectivity index (χ1) is 16.0. The molecule has 1 saturated heterocycles. The molecule has 1 amide bonds. The molecule has 0 bridgehead atoms. The quantitative estimate of drug-likeness (QED) is 0.574. The number of nitrogens with zero attached hydrogens (tertiary/aromatic N) is 1. The zero-order chi connectivity index (χ0) is 23.3. The summed E-state index contributed by atoms with van der Waals surface area (Å²) in [6.45, 7) is 7.58. The molecular weight excluding hydrogens is 412 g/mol. The lowest BCUT2D eigenvalue weighted by molar-refractivity contribution is -0.119. The molecule has 1 N–H and O–H groups in total. The summed E-state index contributed by atoms with van der Waals surface area (Å²) in [5.74, 6) is 2.06. The number of carbonyl (C=O) groups is 1. The molecule has 1 heterocycles. The first kappa shape index (κ1) is 23.6. The van der Waals surface area contributed by atoms with E-state index in [1.165, 1.54) is 24.0 Å². The molecule has 1 aliphatic heterocycles. The van der Waals surface area contributed by atoms with Crippen LogP contribution in [0.3, 0.4) is 0 Å². The second-order valence-electron chi connectivity index (χ2n) is 10.0. The van der Waals surface area contributed by atoms with E-state index in [1.807, 2.05) is 0 Å². The molecular formula is C28H38N2O3. The lowest BCUT2D eigenvalue weighted by Crippen LogP contribution is -2.32. The van der Waals surface area contributed by atoms with Crippen LogP contribution in [0.5, 0.6) is 11.5 Å². The maximum atomic E-state index is 11.5. The highest BCUT2D eigenvalue weighted by Crippen LogP contribution is 2.47. The fourth-order valence-corrected chi connectivity index (χ4v) is 5.60. The van der Waals surface area contributed by atoms with Gasteiger partial charge in [0.05, 0.1) is 13.2 Å². The van der Waals surface area contributed by atoms with Gasteiger partial charge in [0.1, 0.15) is 0 Å². The van der Waals surface area contributed by atoms with Crippen molar-refractivity contribution in [3.63, 3.8) is 0 Å². The van der Waals surface area contributed by atoms with E-state index in [0.717, 1.165) is 50.4 Å². The zero-order valence-electron chi connectivity index (χ0n) is 20.3. The van der Waals surface area contributed by atoms with Crippen molar-refractivity contribution < 1.29 is 14.3 Å². The minimum absolute atomic E-state index is 0.0333. The van der Waals surface area contributed by atoms with Gasteiger partial charge in [0, 0.05) is 39.0 Å². The number of hydrogen-bond donors (Lipinski definition) is 1. The van der Waals surface area contributed by atoms with Crippen molar-refractivity contribution in [2.75, 3.05) is 26.7 Å². The predicted octanol–water partition coefficient (Wildman–Crippen LogP) is 5.15. The monoisotopic (exact) mass is 450 g/mol. The average Bonchev–Trinajstić information content (AvgIpc) is 3.42. The molecule has 4 rings (SSSR count). The number of carbonyl (C=O) groups excluding carboxylic acids is 1. The Labute approximate surface area is 198 Å². The van der Waals surface area contributed by atoms with Gasteiger partial charge < -0.3 is 14.8 Å². The molecule has 5 nitrogen and oxygen atoms in total. The fourth-order valence-electron chi connectivity index (χ4n) is 5.60. The molecule has 2 fully saturated rings. The number of benzene rings is 2. The second-order valence-corrected chi connectivity index (χ2v) is 10.0. The van der Waals surface area contributed by atoms with E-state index in [-0.39, 0.29) is 11.3 Å². The van der Waals surface area contributed by atoms with Crippen molar-refractivity contribution in [3.05, 3.63) is 59.7 Å². The maximum absolute atomic E-state index is 11.5. The van der Waals surface area contributed by atoms with E-state index >= 15 is 0 Å². The summed E-state index contributed by atoms with van der Waals surface area (Å²) in [7, 11) is 1.71. The largest absolute Gasteiger partial charge is 0.493 e. The van der Waals surface area contributed by atoms with Crippen LogP contribution in [-0.4, -0.2) is 43.7 Å². The molecule has 2 aromatic rings. The third-order valence-corrected chi connectivity index (χ3v) is 7.37. The van der Waals surface area contributed by atoms with Crippen LogP contribution in [-0.2, 0) is 11.3 Å². The Morgan fingerprint density at radius 1 is 1.12 bits per heavy atom. The van der Waals surface area contributed by atoms with Crippen LogP contribution in [0, 0.1) is 5.41 Å². The van der Waals surface area contributed by atoms with Crippen LogP contribution in [0.4, 0.5) is 0 Å². The van der Waals surface area contributed by atoms with E-state index < -0.39 is 0 Å². The van der Waals surface area contributed by atoms with Gasteiger partial charge in [-0.2, -0.15) is 0 Å². The highest BCUT2D eigenvalue weighted by atomic mass is 16.5. The molecule has 2 aromatic carbocycles. The molecule has 178 valence electrons. The third-order valence-electron chi connectivity index (χ3n) is 7.37. The van der Waals surface area contributed by atoms with Crippen LogP contribution in [0.1, 0.15) is 63.0 Å². The lowest BCUT2D eigenvalue weighted by Gasteiger charge is -2.32. The molecule has 0 aromatic heterocycles.